The van der Waals surface area contributed by atoms with Gasteiger partial charge in [0.1, 0.15) is 11.6 Å². The summed E-state index contributed by atoms with van der Waals surface area (Å²) in [6, 6.07) is -0.872. The number of aliphatic hydroxyl groups is 1. The Bertz CT molecular complexity index is 600. The molecule has 166 valence electrons. The fourth-order valence-corrected chi connectivity index (χ4v) is 3.78. The van der Waals surface area contributed by atoms with Crippen molar-refractivity contribution in [3.63, 3.8) is 0 Å². The van der Waals surface area contributed by atoms with Gasteiger partial charge < -0.3 is 23.9 Å². The van der Waals surface area contributed by atoms with E-state index in [1.54, 1.807) is 20.8 Å². The highest BCUT2D eigenvalue weighted by molar-refractivity contribution is 6.45. The third-order valence-corrected chi connectivity index (χ3v) is 5.97. The Kier molecular flexibility index (Phi) is 6.97. The number of esters is 1. The third-order valence-electron chi connectivity index (χ3n) is 5.97. The lowest BCUT2D eigenvalue weighted by Crippen LogP contribution is -2.46. The molecule has 3 atom stereocenters. The summed E-state index contributed by atoms with van der Waals surface area (Å²) in [5, 5.41) is 10.6. The van der Waals surface area contributed by atoms with Gasteiger partial charge in [-0.2, -0.15) is 0 Å². The summed E-state index contributed by atoms with van der Waals surface area (Å²) < 4.78 is 22.3. The van der Waals surface area contributed by atoms with Gasteiger partial charge in [-0.1, -0.05) is 6.42 Å². The maximum absolute atomic E-state index is 12.6. The van der Waals surface area contributed by atoms with Gasteiger partial charge in [0.2, 0.25) is 0 Å². The quantitative estimate of drug-likeness (QED) is 0.547. The molecule has 0 spiro atoms. The van der Waals surface area contributed by atoms with Gasteiger partial charge in [0.05, 0.1) is 31.0 Å². The van der Waals surface area contributed by atoms with Crippen LogP contribution < -0.4 is 0 Å². The zero-order valence-electron chi connectivity index (χ0n) is 19.0. The van der Waals surface area contributed by atoms with Gasteiger partial charge in [-0.05, 0) is 61.2 Å². The summed E-state index contributed by atoms with van der Waals surface area (Å²) in [4.78, 5) is 26.2. The van der Waals surface area contributed by atoms with E-state index in [0.717, 1.165) is 0 Å². The summed E-state index contributed by atoms with van der Waals surface area (Å²) in [5.41, 5.74) is -1.49. The van der Waals surface area contributed by atoms with E-state index in [1.807, 2.05) is 27.7 Å². The fourth-order valence-electron chi connectivity index (χ4n) is 3.78. The lowest BCUT2D eigenvalue weighted by Gasteiger charge is -2.32. The molecule has 29 heavy (non-hydrogen) atoms. The van der Waals surface area contributed by atoms with Crippen molar-refractivity contribution in [3.8, 4) is 0 Å². The molecular weight excluding hydrogens is 377 g/mol. The second-order valence-corrected chi connectivity index (χ2v) is 9.95. The monoisotopic (exact) mass is 413 g/mol. The van der Waals surface area contributed by atoms with Crippen LogP contribution in [-0.2, 0) is 23.6 Å². The Morgan fingerprint density at radius 3 is 2.21 bits per heavy atom. The van der Waals surface area contributed by atoms with E-state index in [9.17, 15) is 14.7 Å². The molecule has 0 saturated carbocycles. The molecule has 0 aromatic rings. The minimum Gasteiger partial charge on any atom is -0.467 e. The Hall–Kier alpha value is -1.32. The molecule has 0 aromatic heterocycles. The minimum atomic E-state index is -0.872. The molecule has 0 radical (unpaired) electrons. The molecule has 0 aliphatic carbocycles. The zero-order valence-corrected chi connectivity index (χ0v) is 19.0. The van der Waals surface area contributed by atoms with Crippen molar-refractivity contribution < 1.29 is 33.5 Å². The molecule has 9 heteroatoms. The van der Waals surface area contributed by atoms with Crippen molar-refractivity contribution in [2.45, 2.75) is 96.6 Å². The summed E-state index contributed by atoms with van der Waals surface area (Å²) in [5.74, 6) is -0.981. The molecule has 2 aliphatic rings. The minimum absolute atomic E-state index is 0.0375. The SMILES string of the molecule is COC(=O)[C@@H]1C(CCCB2OC(C)(C)C(C)(C)O2)C(O)CN1C(=O)OC(C)(C)C. The zero-order chi connectivity index (χ0) is 22.2. The number of methoxy groups -OCH3 is 1. The van der Waals surface area contributed by atoms with Crippen LogP contribution in [0.15, 0.2) is 0 Å². The average Bonchev–Trinajstić information content (AvgIpc) is 2.98. The molecule has 2 aliphatic heterocycles. The van der Waals surface area contributed by atoms with Crippen LogP contribution in [0, 0.1) is 5.92 Å². The summed E-state index contributed by atoms with van der Waals surface area (Å²) in [6.07, 6.45) is 0.389. The maximum atomic E-state index is 12.6. The normalized spacial score (nSPS) is 28.5. The number of carbonyl (C=O) groups is 2. The number of nitrogens with zero attached hydrogens (tertiary/aromatic N) is 1. The van der Waals surface area contributed by atoms with E-state index in [0.29, 0.717) is 19.2 Å². The third kappa shape index (κ3) is 5.44. The lowest BCUT2D eigenvalue weighted by atomic mass is 9.79. The van der Waals surface area contributed by atoms with Crippen LogP contribution in [-0.4, -0.2) is 71.8 Å². The van der Waals surface area contributed by atoms with E-state index in [4.69, 9.17) is 18.8 Å². The van der Waals surface area contributed by atoms with Crippen molar-refractivity contribution >= 4 is 19.2 Å². The standard InChI is InChI=1S/C20H36BNO7/c1-18(2,3)27-17(25)22-12-14(23)13(15(22)16(24)26-8)10-9-11-21-28-19(4,5)20(6,7)29-21/h13-15,23H,9-12H2,1-8H3/t13?,14?,15-/m0/s1. The fraction of sp³-hybridized carbons (Fsp3) is 0.900. The first kappa shape index (κ1) is 24.0. The number of aliphatic hydroxyl groups excluding tert-OH is 1. The van der Waals surface area contributed by atoms with E-state index in [-0.39, 0.29) is 13.7 Å². The van der Waals surface area contributed by atoms with Crippen LogP contribution in [0.25, 0.3) is 0 Å². The van der Waals surface area contributed by atoms with Crippen LogP contribution in [0.5, 0.6) is 0 Å². The molecule has 1 amide bonds. The molecular formula is C20H36BNO7. The van der Waals surface area contributed by atoms with E-state index >= 15 is 0 Å². The van der Waals surface area contributed by atoms with Crippen LogP contribution >= 0.6 is 0 Å². The smallest absolute Gasteiger partial charge is 0.457 e. The van der Waals surface area contributed by atoms with Crippen LogP contribution in [0.4, 0.5) is 4.79 Å². The molecule has 0 bridgehead atoms. The van der Waals surface area contributed by atoms with Gasteiger partial charge in [0.15, 0.2) is 0 Å². The van der Waals surface area contributed by atoms with Gasteiger partial charge >= 0.3 is 19.2 Å². The van der Waals surface area contributed by atoms with E-state index in [1.165, 1.54) is 12.0 Å². The van der Waals surface area contributed by atoms with Gasteiger partial charge in [0, 0.05) is 5.92 Å². The summed E-state index contributed by atoms with van der Waals surface area (Å²) in [6.45, 7) is 13.3. The van der Waals surface area contributed by atoms with E-state index < -0.39 is 46.9 Å². The van der Waals surface area contributed by atoms with Crippen LogP contribution in [0.2, 0.25) is 6.32 Å². The second kappa shape index (κ2) is 8.43. The van der Waals surface area contributed by atoms with Crippen LogP contribution in [0.1, 0.15) is 61.3 Å². The molecule has 1 N–H and O–H groups in total. The number of amides is 1. The number of β-amino-alcohol motifs (C(OH)–C–C–N with tert-alkyl or cyclic N) is 1. The molecule has 2 rings (SSSR count). The van der Waals surface area contributed by atoms with Crippen molar-refractivity contribution in [2.75, 3.05) is 13.7 Å². The average molecular weight is 413 g/mol. The summed E-state index contributed by atoms with van der Waals surface area (Å²) >= 11 is 0. The predicted molar refractivity (Wildman–Crippen MR) is 108 cm³/mol. The van der Waals surface area contributed by atoms with Gasteiger partial charge in [-0.15, -0.1) is 0 Å². The topological polar surface area (TPSA) is 94.5 Å². The highest BCUT2D eigenvalue weighted by Gasteiger charge is 2.52. The van der Waals surface area contributed by atoms with Gasteiger partial charge in [0.25, 0.3) is 0 Å². The lowest BCUT2D eigenvalue weighted by molar-refractivity contribution is -0.147. The second-order valence-electron chi connectivity index (χ2n) is 9.95. The highest BCUT2D eigenvalue weighted by Crippen LogP contribution is 2.39. The molecule has 2 heterocycles. The molecule has 2 saturated heterocycles. The first-order valence-electron chi connectivity index (χ1n) is 10.3. The molecule has 2 fully saturated rings. The predicted octanol–water partition coefficient (Wildman–Crippen LogP) is 2.63. The first-order valence-corrected chi connectivity index (χ1v) is 10.3. The number of hydrogen-bond donors (Lipinski definition) is 1. The number of ether oxygens (including phenoxy) is 2. The van der Waals surface area contributed by atoms with Gasteiger partial charge in [-0.3, -0.25) is 4.90 Å². The molecule has 8 nitrogen and oxygen atoms in total. The van der Waals surface area contributed by atoms with Crippen molar-refractivity contribution in [1.82, 2.24) is 4.90 Å². The number of carbonyl (C=O) groups excluding carboxylic acids is 2. The summed E-state index contributed by atoms with van der Waals surface area (Å²) in [7, 11) is 0.943. The number of rotatable bonds is 5. The van der Waals surface area contributed by atoms with Crippen molar-refractivity contribution in [1.29, 1.82) is 0 Å². The van der Waals surface area contributed by atoms with Gasteiger partial charge in [-0.25, -0.2) is 9.59 Å². The van der Waals surface area contributed by atoms with Crippen LogP contribution in [0.3, 0.4) is 0 Å². The molecule has 2 unspecified atom stereocenters. The maximum Gasteiger partial charge on any atom is 0.457 e. The Labute approximate surface area is 174 Å². The first-order chi connectivity index (χ1) is 13.2. The van der Waals surface area contributed by atoms with E-state index in [2.05, 4.69) is 0 Å². The van der Waals surface area contributed by atoms with Crippen molar-refractivity contribution in [2.24, 2.45) is 5.92 Å². The largest absolute Gasteiger partial charge is 0.467 e. The Morgan fingerprint density at radius 1 is 1.17 bits per heavy atom. The Morgan fingerprint density at radius 2 is 1.72 bits per heavy atom. The highest BCUT2D eigenvalue weighted by atomic mass is 16.7. The Balaban J connectivity index is 2.01. The number of likely N-dealkylation sites (tertiary alicyclic amines) is 1. The molecule has 0 aromatic carbocycles. The van der Waals surface area contributed by atoms with Crippen molar-refractivity contribution in [3.05, 3.63) is 0 Å². The number of hydrogen-bond acceptors (Lipinski definition) is 7.